The minimum Gasteiger partial charge on any atom is -0.322 e. The van der Waals surface area contributed by atoms with E-state index in [1.807, 2.05) is 42.5 Å². The van der Waals surface area contributed by atoms with Gasteiger partial charge in [0.1, 0.15) is 0 Å². The maximum atomic E-state index is 13.0. The number of carbonyl (C=O) groups excluding carboxylic acids is 1. The van der Waals surface area contributed by atoms with E-state index < -0.39 is 0 Å². The van der Waals surface area contributed by atoms with Crippen LogP contribution < -0.4 is 5.32 Å². The highest BCUT2D eigenvalue weighted by Crippen LogP contribution is 2.23. The molecule has 0 aliphatic heterocycles. The molecule has 27 heavy (non-hydrogen) atoms. The molecule has 0 bridgehead atoms. The number of rotatable bonds is 6. The first-order chi connectivity index (χ1) is 12.9. The topological polar surface area (TPSA) is 45.2 Å². The molecule has 1 N–H and O–H groups in total. The Morgan fingerprint density at radius 3 is 2.44 bits per heavy atom. The Balaban J connectivity index is 1.83. The van der Waals surface area contributed by atoms with Crippen molar-refractivity contribution >= 4 is 22.5 Å². The third-order valence-corrected chi connectivity index (χ3v) is 4.63. The van der Waals surface area contributed by atoms with E-state index in [9.17, 15) is 4.79 Å². The predicted molar refractivity (Wildman–Crippen MR) is 112 cm³/mol. The minimum atomic E-state index is -0.100. The number of fused-ring (bicyclic) bond motifs is 1. The van der Waals surface area contributed by atoms with Gasteiger partial charge in [-0.1, -0.05) is 44.2 Å². The van der Waals surface area contributed by atoms with Crippen molar-refractivity contribution in [3.63, 3.8) is 0 Å². The number of carbonyl (C=O) groups is 1. The lowest BCUT2D eigenvalue weighted by molar-refractivity contribution is 0.102. The smallest absolute Gasteiger partial charge is 0.256 e. The number of anilines is 1. The van der Waals surface area contributed by atoms with Gasteiger partial charge in [0, 0.05) is 23.3 Å². The number of nitrogens with one attached hydrogen (secondary N) is 1. The van der Waals surface area contributed by atoms with Crippen LogP contribution >= 0.6 is 0 Å². The molecule has 0 saturated carbocycles. The van der Waals surface area contributed by atoms with E-state index in [1.54, 1.807) is 0 Å². The molecule has 0 aliphatic carbocycles. The Hall–Kier alpha value is -2.72. The molecule has 2 aromatic carbocycles. The van der Waals surface area contributed by atoms with Crippen molar-refractivity contribution in [3.8, 4) is 0 Å². The van der Waals surface area contributed by atoms with Crippen LogP contribution in [0, 0.1) is 0 Å². The minimum absolute atomic E-state index is 0.100. The predicted octanol–water partition coefficient (Wildman–Crippen LogP) is 4.71. The number of benzene rings is 2. The van der Waals surface area contributed by atoms with E-state index in [1.165, 1.54) is 5.56 Å². The molecule has 3 rings (SSSR count). The molecule has 0 saturated heterocycles. The van der Waals surface area contributed by atoms with E-state index >= 15 is 0 Å². The van der Waals surface area contributed by atoms with Gasteiger partial charge in [-0.2, -0.15) is 0 Å². The van der Waals surface area contributed by atoms with Crippen molar-refractivity contribution in [2.24, 2.45) is 0 Å². The normalized spacial score (nSPS) is 11.3. The monoisotopic (exact) mass is 361 g/mol. The van der Waals surface area contributed by atoms with Gasteiger partial charge in [0.2, 0.25) is 0 Å². The quantitative estimate of drug-likeness (QED) is 0.691. The zero-order valence-electron chi connectivity index (χ0n) is 16.5. The Morgan fingerprint density at radius 2 is 1.78 bits per heavy atom. The number of para-hydroxylation sites is 1. The summed E-state index contributed by atoms with van der Waals surface area (Å²) in [7, 11) is 4.14. The van der Waals surface area contributed by atoms with Gasteiger partial charge in [0.15, 0.2) is 0 Å². The summed E-state index contributed by atoms with van der Waals surface area (Å²) in [5.74, 6) is 0.161. The molecular weight excluding hydrogens is 334 g/mol. The van der Waals surface area contributed by atoms with E-state index in [0.29, 0.717) is 5.56 Å². The molecule has 1 heterocycles. The SMILES string of the molecule is CC(C)c1cc(C(=O)Nc2ccc(CCN(C)C)cc2)c2ccccc2n1. The third kappa shape index (κ3) is 4.72. The van der Waals surface area contributed by atoms with Gasteiger partial charge >= 0.3 is 0 Å². The zero-order chi connectivity index (χ0) is 19.4. The van der Waals surface area contributed by atoms with Gasteiger partial charge in [-0.05, 0) is 56.3 Å². The molecular formula is C23H27N3O. The Kier molecular flexibility index (Phi) is 5.87. The molecule has 0 atom stereocenters. The summed E-state index contributed by atoms with van der Waals surface area (Å²) in [6, 6.07) is 17.8. The summed E-state index contributed by atoms with van der Waals surface area (Å²) in [5.41, 5.74) is 4.52. The summed E-state index contributed by atoms with van der Waals surface area (Å²) >= 11 is 0. The van der Waals surface area contributed by atoms with Crippen molar-refractivity contribution in [1.82, 2.24) is 9.88 Å². The first-order valence-corrected chi connectivity index (χ1v) is 9.38. The third-order valence-electron chi connectivity index (χ3n) is 4.63. The number of hydrogen-bond donors (Lipinski definition) is 1. The molecule has 0 aliphatic rings. The van der Waals surface area contributed by atoms with Gasteiger partial charge in [-0.15, -0.1) is 0 Å². The van der Waals surface area contributed by atoms with Gasteiger partial charge in [-0.25, -0.2) is 0 Å². The second-order valence-electron chi connectivity index (χ2n) is 7.47. The lowest BCUT2D eigenvalue weighted by Gasteiger charge is -2.13. The number of likely N-dealkylation sites (N-methyl/N-ethyl adjacent to an activating group) is 1. The van der Waals surface area contributed by atoms with Gasteiger partial charge in [0.25, 0.3) is 5.91 Å². The van der Waals surface area contributed by atoms with Crippen molar-refractivity contribution in [3.05, 3.63) is 71.4 Å². The van der Waals surface area contributed by atoms with Crippen molar-refractivity contribution in [1.29, 1.82) is 0 Å². The maximum Gasteiger partial charge on any atom is 0.256 e. The summed E-state index contributed by atoms with van der Waals surface area (Å²) in [6.45, 7) is 5.18. The van der Waals surface area contributed by atoms with Crippen LogP contribution in [0.1, 0.15) is 41.4 Å². The fourth-order valence-corrected chi connectivity index (χ4v) is 2.99. The molecule has 140 valence electrons. The molecule has 3 aromatic rings. The molecule has 0 spiro atoms. The fraction of sp³-hybridized carbons (Fsp3) is 0.304. The van der Waals surface area contributed by atoms with Crippen molar-refractivity contribution in [2.75, 3.05) is 26.0 Å². The molecule has 0 radical (unpaired) electrons. The summed E-state index contributed by atoms with van der Waals surface area (Å²) < 4.78 is 0. The van der Waals surface area contributed by atoms with E-state index in [0.717, 1.165) is 35.2 Å². The van der Waals surface area contributed by atoms with Crippen LogP contribution in [0.25, 0.3) is 10.9 Å². The summed E-state index contributed by atoms with van der Waals surface area (Å²) in [5, 5.41) is 3.91. The number of amides is 1. The summed E-state index contributed by atoms with van der Waals surface area (Å²) in [4.78, 5) is 19.8. The zero-order valence-corrected chi connectivity index (χ0v) is 16.5. The first-order valence-electron chi connectivity index (χ1n) is 9.38. The van der Waals surface area contributed by atoms with Gasteiger partial charge in [-0.3, -0.25) is 9.78 Å². The fourth-order valence-electron chi connectivity index (χ4n) is 2.99. The van der Waals surface area contributed by atoms with Gasteiger partial charge in [0.05, 0.1) is 11.1 Å². The van der Waals surface area contributed by atoms with Gasteiger partial charge < -0.3 is 10.2 Å². The average molecular weight is 361 g/mol. The molecule has 0 fully saturated rings. The Bertz CT molecular complexity index is 930. The van der Waals surface area contributed by atoms with E-state index in [-0.39, 0.29) is 11.8 Å². The molecule has 4 heteroatoms. The number of hydrogen-bond acceptors (Lipinski definition) is 3. The largest absolute Gasteiger partial charge is 0.322 e. The second kappa shape index (κ2) is 8.31. The highest BCUT2D eigenvalue weighted by molar-refractivity contribution is 6.12. The Labute approximate surface area is 161 Å². The average Bonchev–Trinajstić information content (AvgIpc) is 2.66. The van der Waals surface area contributed by atoms with Crippen LogP contribution in [0.4, 0.5) is 5.69 Å². The summed E-state index contributed by atoms with van der Waals surface area (Å²) in [6.07, 6.45) is 0.994. The highest BCUT2D eigenvalue weighted by Gasteiger charge is 2.14. The standard InChI is InChI=1S/C23H27N3O/c1-16(2)22-15-20(19-7-5-6-8-21(19)25-22)23(27)24-18-11-9-17(10-12-18)13-14-26(3)4/h5-12,15-16H,13-14H2,1-4H3,(H,24,27). The second-order valence-corrected chi connectivity index (χ2v) is 7.47. The number of nitrogens with zero attached hydrogens (tertiary/aromatic N) is 2. The highest BCUT2D eigenvalue weighted by atomic mass is 16.1. The molecule has 1 amide bonds. The van der Waals surface area contributed by atoms with Crippen LogP contribution in [0.2, 0.25) is 0 Å². The van der Waals surface area contributed by atoms with Crippen LogP contribution in [-0.2, 0) is 6.42 Å². The first kappa shape index (κ1) is 19.1. The molecule has 1 aromatic heterocycles. The lowest BCUT2D eigenvalue weighted by atomic mass is 10.0. The molecule has 4 nitrogen and oxygen atoms in total. The number of aromatic nitrogens is 1. The van der Waals surface area contributed by atoms with E-state index in [2.05, 4.69) is 55.3 Å². The Morgan fingerprint density at radius 1 is 1.07 bits per heavy atom. The molecule has 0 unspecified atom stereocenters. The lowest BCUT2D eigenvalue weighted by Crippen LogP contribution is -2.15. The van der Waals surface area contributed by atoms with Crippen LogP contribution in [0.5, 0.6) is 0 Å². The van der Waals surface area contributed by atoms with Crippen molar-refractivity contribution in [2.45, 2.75) is 26.2 Å². The van der Waals surface area contributed by atoms with Crippen LogP contribution in [-0.4, -0.2) is 36.4 Å². The van der Waals surface area contributed by atoms with Crippen LogP contribution in [0.15, 0.2) is 54.6 Å². The van der Waals surface area contributed by atoms with Crippen LogP contribution in [0.3, 0.4) is 0 Å². The maximum absolute atomic E-state index is 13.0. The number of pyridine rings is 1. The van der Waals surface area contributed by atoms with Crippen molar-refractivity contribution < 1.29 is 4.79 Å². The van der Waals surface area contributed by atoms with E-state index in [4.69, 9.17) is 0 Å².